The Morgan fingerprint density at radius 2 is 1.10 bits per heavy atom. The molecule has 2 unspecified atom stereocenters. The van der Waals surface area contributed by atoms with E-state index in [4.69, 9.17) is 42.7 Å². The van der Waals surface area contributed by atoms with Crippen LogP contribution in [0.3, 0.4) is 0 Å². The van der Waals surface area contributed by atoms with Gasteiger partial charge in [-0.3, -0.25) is 27.8 Å². The molecule has 0 aliphatic carbocycles. The molecular weight excluding hydrogens is 1370 g/mol. The third-order valence-corrected chi connectivity index (χ3v) is 20.5. The fourth-order valence-electron chi connectivity index (χ4n) is 11.8. The topological polar surface area (TPSA) is 418 Å². The molecule has 0 saturated carbocycles. The highest BCUT2D eigenvalue weighted by Crippen LogP contribution is 2.54. The summed E-state index contributed by atoms with van der Waals surface area (Å²) in [5, 5.41) is -0.0969. The van der Waals surface area contributed by atoms with Crippen molar-refractivity contribution in [3.05, 3.63) is 95.2 Å². The van der Waals surface area contributed by atoms with Gasteiger partial charge in [0.15, 0.2) is 12.3 Å². The van der Waals surface area contributed by atoms with Gasteiger partial charge in [0.1, 0.15) is 21.6 Å². The number of anilines is 1. The number of methoxy groups -OCH3 is 2. The highest BCUT2D eigenvalue weighted by molar-refractivity contribution is 7.87. The predicted octanol–water partition coefficient (Wildman–Crippen LogP) is 5.00. The molecule has 2 atom stereocenters. The van der Waals surface area contributed by atoms with Crippen LogP contribution in [-0.2, 0) is 119 Å². The third kappa shape index (κ3) is 19.6. The summed E-state index contributed by atoms with van der Waals surface area (Å²) in [4.78, 5) is 41.4. The Kier molecular flexibility index (Phi) is 26.7. The number of carbonyl (C=O) groups is 3. The lowest BCUT2D eigenvalue weighted by molar-refractivity contribution is -0.442. The number of amides is 2. The second kappa shape index (κ2) is 33.2. The molecule has 0 spiro atoms. The monoisotopic (exact) mass is 1450 g/mol. The van der Waals surface area contributed by atoms with E-state index in [-0.39, 0.29) is 150 Å². The van der Waals surface area contributed by atoms with Gasteiger partial charge in [-0.05, 0) is 111 Å². The van der Waals surface area contributed by atoms with Crippen LogP contribution < -0.4 is 4.90 Å². The van der Waals surface area contributed by atoms with Gasteiger partial charge in [-0.1, -0.05) is 23.8 Å². The molecule has 4 aromatic carbocycles. The number of hydroxylamine groups is 2. The van der Waals surface area contributed by atoms with Gasteiger partial charge in [0.05, 0.1) is 105 Å². The zero-order valence-corrected chi connectivity index (χ0v) is 57.5. The maximum absolute atomic E-state index is 13.3. The van der Waals surface area contributed by atoms with Crippen molar-refractivity contribution in [3.8, 4) is 0 Å². The number of allylic oxidation sites excluding steroid dienone is 6. The van der Waals surface area contributed by atoms with Gasteiger partial charge >= 0.3 is 5.97 Å². The lowest BCUT2D eigenvalue weighted by atomic mass is 9.74. The standard InChI is InChI=1S/C61H79N3O27S5/c1-42(9-15-53-60(2,19-7-37-92(68,69)70)58-47-38-43(93(71,72)73)40-51(95(77,78)79)45(47)12-14-50(58)63(53)22-24-86-30-32-90-36-34-88-28-26-84-5)10-16-54-61(3,20-23-85-29-31-89-35-33-87-27-25-83-4)59-48-39-44(94(74,75)76)41-52(96(80,81)82)46(48)11-13-49(59)62(54)21-6-8-57(67)91-64-55(65)17-18-56(64)66/h9-16,38-41H,6-8,17-37H2,1-5H3,(H4-,68,69,70,71,72,73,74,75,76,77,78,79,80,81,82). The number of hydrogen-bond donors (Lipinski definition) is 4. The fourth-order valence-corrected chi connectivity index (χ4v) is 14.9. The molecule has 1 saturated heterocycles. The molecule has 96 heavy (non-hydrogen) atoms. The van der Waals surface area contributed by atoms with Gasteiger partial charge in [0.25, 0.3) is 52.3 Å². The fraction of sp³-hybridized carbons (Fsp3) is 0.508. The molecule has 35 heteroatoms. The van der Waals surface area contributed by atoms with E-state index in [1.165, 1.54) is 31.4 Å². The number of ether oxygens (including phenoxy) is 8. The molecule has 3 aliphatic rings. The highest BCUT2D eigenvalue weighted by atomic mass is 32.2. The average molecular weight is 1450 g/mol. The Bertz CT molecular complexity index is 4250. The van der Waals surface area contributed by atoms with Gasteiger partial charge in [0.2, 0.25) is 5.69 Å². The first-order valence-corrected chi connectivity index (χ1v) is 37.6. The number of imide groups is 1. The van der Waals surface area contributed by atoms with Crippen molar-refractivity contribution in [2.24, 2.45) is 0 Å². The SMILES string of the molecule is COCCOCCOCCOCC[N+]1=C(/C=C/C(C)=C/C=C2/N(CCCC(=O)ON3C(=O)CCC3=O)c3ccc4c(S(=O)(=O)[O-])cc(S(=O)(=O)O)cc4c3C2(C)CCOCCOCCOCCOC)C(C)(CCCS(=O)(=O)O)c2c1ccc1c(S(=O)(=O)O)cc(S(=O)(=O)O)cc21. The summed E-state index contributed by atoms with van der Waals surface area (Å²) in [5.41, 5.74) is -0.336. The van der Waals surface area contributed by atoms with E-state index in [0.29, 0.717) is 78.6 Å². The van der Waals surface area contributed by atoms with Crippen LogP contribution in [0.2, 0.25) is 0 Å². The van der Waals surface area contributed by atoms with Crippen LogP contribution in [0.1, 0.15) is 76.8 Å². The van der Waals surface area contributed by atoms with Crippen molar-refractivity contribution in [1.29, 1.82) is 0 Å². The smallest absolute Gasteiger partial charge is 0.333 e. The Balaban J connectivity index is 1.38. The molecule has 4 N–H and O–H groups in total. The lowest BCUT2D eigenvalue weighted by Crippen LogP contribution is -2.33. The van der Waals surface area contributed by atoms with E-state index in [0.717, 1.165) is 12.1 Å². The van der Waals surface area contributed by atoms with Crippen molar-refractivity contribution in [3.63, 3.8) is 0 Å². The Hall–Kier alpha value is -6.07. The molecule has 1 fully saturated rings. The summed E-state index contributed by atoms with van der Waals surface area (Å²) in [5.74, 6) is -3.10. The Morgan fingerprint density at radius 1 is 0.604 bits per heavy atom. The number of fused-ring (bicyclic) bond motifs is 6. The molecular formula is C61H79N3O27S5. The van der Waals surface area contributed by atoms with E-state index in [2.05, 4.69) is 0 Å². The van der Waals surface area contributed by atoms with E-state index in [9.17, 15) is 79.2 Å². The van der Waals surface area contributed by atoms with Crippen molar-refractivity contribution >= 4 is 107 Å². The minimum atomic E-state index is -5.45. The van der Waals surface area contributed by atoms with E-state index in [1.54, 1.807) is 61.7 Å². The Morgan fingerprint density at radius 3 is 1.62 bits per heavy atom. The minimum Gasteiger partial charge on any atom is -0.744 e. The normalized spacial score (nSPS) is 18.6. The van der Waals surface area contributed by atoms with Gasteiger partial charge < -0.3 is 52.2 Å². The molecule has 0 radical (unpaired) electrons. The second-order valence-electron chi connectivity index (χ2n) is 22.9. The van der Waals surface area contributed by atoms with E-state index in [1.807, 2.05) is 0 Å². The van der Waals surface area contributed by atoms with Crippen LogP contribution in [-0.4, -0.2) is 224 Å². The van der Waals surface area contributed by atoms with Crippen LogP contribution >= 0.6 is 0 Å². The van der Waals surface area contributed by atoms with Crippen molar-refractivity contribution in [2.75, 3.05) is 130 Å². The van der Waals surface area contributed by atoms with Crippen LogP contribution in [0.25, 0.3) is 21.5 Å². The largest absolute Gasteiger partial charge is 0.744 e. The molecule has 0 aromatic heterocycles. The average Bonchev–Trinajstić information content (AvgIpc) is 1.53. The highest BCUT2D eigenvalue weighted by Gasteiger charge is 2.50. The minimum absolute atomic E-state index is 0.00325. The molecule has 3 heterocycles. The molecule has 530 valence electrons. The van der Waals surface area contributed by atoms with Gasteiger partial charge in [-0.15, -0.1) is 5.06 Å². The van der Waals surface area contributed by atoms with Crippen LogP contribution in [0, 0.1) is 0 Å². The molecule has 0 bridgehead atoms. The first-order valence-electron chi connectivity index (χ1n) is 30.2. The zero-order valence-electron chi connectivity index (χ0n) is 53.5. The first kappa shape index (κ1) is 77.3. The molecule has 30 nitrogen and oxygen atoms in total. The first-order chi connectivity index (χ1) is 45.2. The zero-order chi connectivity index (χ0) is 70.4. The number of hydrogen-bond acceptors (Lipinski definition) is 24. The number of carbonyl (C=O) groups excluding carboxylic acids is 3. The molecule has 2 amide bonds. The quantitative estimate of drug-likeness (QED) is 0.0150. The predicted molar refractivity (Wildman–Crippen MR) is 343 cm³/mol. The second-order valence-corrected chi connectivity index (χ2v) is 30.1. The van der Waals surface area contributed by atoms with Crippen LogP contribution in [0.4, 0.5) is 11.4 Å². The maximum Gasteiger partial charge on any atom is 0.333 e. The van der Waals surface area contributed by atoms with Gasteiger partial charge in [0, 0.05) is 86.5 Å². The van der Waals surface area contributed by atoms with E-state index < -0.39 is 105 Å². The number of benzene rings is 4. The van der Waals surface area contributed by atoms with Crippen molar-refractivity contribution < 1.29 is 127 Å². The van der Waals surface area contributed by atoms with Gasteiger partial charge in [-0.2, -0.15) is 38.2 Å². The van der Waals surface area contributed by atoms with Crippen LogP contribution in [0.15, 0.2) is 104 Å². The summed E-state index contributed by atoms with van der Waals surface area (Å²) in [7, 11) is -22.5. The van der Waals surface area contributed by atoms with Crippen molar-refractivity contribution in [1.82, 2.24) is 5.06 Å². The third-order valence-electron chi connectivity index (χ3n) is 16.2. The maximum atomic E-state index is 13.3. The summed E-state index contributed by atoms with van der Waals surface area (Å²) in [6.45, 7) is 8.06. The number of nitrogens with zero attached hydrogens (tertiary/aromatic N) is 3. The van der Waals surface area contributed by atoms with E-state index >= 15 is 0 Å². The summed E-state index contributed by atoms with van der Waals surface area (Å²) < 4.78 is 229. The summed E-state index contributed by atoms with van der Waals surface area (Å²) in [6.07, 6.45) is 5.68. The van der Waals surface area contributed by atoms with Crippen molar-refractivity contribution in [2.45, 2.75) is 96.1 Å². The summed E-state index contributed by atoms with van der Waals surface area (Å²) in [6, 6.07) is 8.89. The lowest BCUT2D eigenvalue weighted by Gasteiger charge is -2.31. The van der Waals surface area contributed by atoms with Crippen LogP contribution in [0.5, 0.6) is 0 Å². The number of rotatable bonds is 40. The molecule has 4 aromatic rings. The Labute approximate surface area is 557 Å². The molecule has 7 rings (SSSR count). The molecule has 3 aliphatic heterocycles. The van der Waals surface area contributed by atoms with Gasteiger partial charge in [-0.25, -0.2) is 13.2 Å². The summed E-state index contributed by atoms with van der Waals surface area (Å²) >= 11 is 0.